The lowest BCUT2D eigenvalue weighted by molar-refractivity contribution is -0.142. The largest absolute Gasteiger partial charge is 0.508 e. The zero-order valence-corrected chi connectivity index (χ0v) is 64.9. The molecular formula is C75H99BrN20O18. The second-order valence-corrected chi connectivity index (χ2v) is 29.3. The van der Waals surface area contributed by atoms with Crippen LogP contribution in [0.4, 0.5) is 0 Å². The Bertz CT molecular complexity index is 4360. The molecule has 39 heteroatoms. The van der Waals surface area contributed by atoms with Crippen LogP contribution in [0.25, 0.3) is 10.9 Å². The number of nitrogens with two attached hydrogens (primary N) is 2. The Morgan fingerprint density at radius 1 is 0.535 bits per heavy atom. The number of imidazole rings is 2. The Hall–Kier alpha value is -11.8. The van der Waals surface area contributed by atoms with E-state index in [0.717, 1.165) is 20.9 Å². The van der Waals surface area contributed by atoms with Crippen LogP contribution in [-0.4, -0.2) is 250 Å². The minimum Gasteiger partial charge on any atom is -0.508 e. The van der Waals surface area contributed by atoms with Crippen LogP contribution in [0.5, 0.6) is 11.5 Å². The molecule has 0 aliphatic carbocycles. The van der Waals surface area contributed by atoms with Crippen molar-refractivity contribution >= 4 is 110 Å². The number of H-pyrrole nitrogens is 3. The van der Waals surface area contributed by atoms with Crippen molar-refractivity contribution in [2.24, 2.45) is 17.4 Å². The highest BCUT2D eigenvalue weighted by Crippen LogP contribution is 2.25. The number of carbonyl (C=O) groups is 14. The molecule has 0 radical (unpaired) electrons. The van der Waals surface area contributed by atoms with Crippen LogP contribution >= 0.6 is 15.9 Å². The summed E-state index contributed by atoms with van der Waals surface area (Å²) in [4.78, 5) is 213. The van der Waals surface area contributed by atoms with E-state index in [1.807, 2.05) is 18.2 Å². The number of aromatic nitrogens is 5. The van der Waals surface area contributed by atoms with Crippen molar-refractivity contribution in [3.63, 3.8) is 0 Å². The standard InChI is InChI=1S/C75H99BrN20O18/c1-39(2)63(74(113)83-35-62(101)102)94-71(110)58(36-97)93-68(107)55(26-43-14-19-49(99)20-15-43)90-69(108)56(29-46-32-79-37-84-46)91-70(109)57(30-47-33-80-38-85-47)92-73(112)59-10-7-23-95(59)61(100)34-82-64(103)40(3)86-65(104)41(4)87-72(111)60-11-8-24-96(60)75(114)52(9-5-6-22-77)88-67(106)54(25-42-12-17-48(98)18-13-42)89-66(105)51(78)27-44-31-81-53-28-45(76)16-21-50(44)53/h12-21,28,31-33,37-41,51-52,54-60,63,81,97-99H,5-11,22-27,29-30,34-36,77-78H2,1-4H3,(H,79,84)(H,80,85)(H,82,103)(H,83,113)(H,86,104)(H,87,111)(H,88,106)(H,89,105)(H,90,108)(H,91,109)(H,92,112)(H,93,107)(H,94,110)(H,101,102)/t40-,41-,51-,52-,54-,55-,56-,57-,58-,59-,60-,63-/m0/s1. The molecule has 22 N–H and O–H groups in total. The molecule has 614 valence electrons. The van der Waals surface area contributed by atoms with Gasteiger partial charge in [0, 0.05) is 84.1 Å². The van der Waals surface area contributed by atoms with E-state index >= 15 is 0 Å². The van der Waals surface area contributed by atoms with Gasteiger partial charge in [-0.25, -0.2) is 9.97 Å². The molecule has 2 saturated heterocycles. The molecule has 0 bridgehead atoms. The van der Waals surface area contributed by atoms with E-state index < -0.39 is 181 Å². The van der Waals surface area contributed by atoms with E-state index in [2.05, 4.69) is 99.3 Å². The maximum Gasteiger partial charge on any atom is 0.322 e. The molecule has 3 aromatic carbocycles. The summed E-state index contributed by atoms with van der Waals surface area (Å²) in [5.74, 6) is -12.8. The molecule has 3 aromatic heterocycles. The number of aromatic amines is 3. The smallest absolute Gasteiger partial charge is 0.322 e. The number of benzene rings is 3. The maximum atomic E-state index is 14.7. The number of nitrogens with one attached hydrogen (secondary N) is 14. The number of amides is 13. The number of fused-ring (bicyclic) bond motifs is 1. The number of halogens is 1. The number of carbonyl (C=O) groups excluding carboxylic acids is 13. The van der Waals surface area contributed by atoms with Crippen LogP contribution < -0.4 is 70.0 Å². The van der Waals surface area contributed by atoms with Crippen molar-refractivity contribution in [3.8, 4) is 11.5 Å². The van der Waals surface area contributed by atoms with Gasteiger partial charge in [-0.3, -0.25) is 67.1 Å². The third-order valence-electron chi connectivity index (χ3n) is 19.4. The molecular weight excluding hydrogens is 1550 g/mol. The zero-order chi connectivity index (χ0) is 82.9. The van der Waals surface area contributed by atoms with Crippen LogP contribution in [0.2, 0.25) is 0 Å². The number of rotatable bonds is 41. The summed E-state index contributed by atoms with van der Waals surface area (Å²) in [7, 11) is 0. The van der Waals surface area contributed by atoms with Gasteiger partial charge < -0.3 is 115 Å². The molecule has 0 saturated carbocycles. The van der Waals surface area contributed by atoms with Gasteiger partial charge in [0.05, 0.1) is 31.8 Å². The normalized spacial score (nSPS) is 16.6. The van der Waals surface area contributed by atoms with E-state index in [1.54, 1.807) is 32.2 Å². The fraction of sp³-hybridized carbons (Fsp3) is 0.467. The lowest BCUT2D eigenvalue weighted by Crippen LogP contribution is -2.61. The van der Waals surface area contributed by atoms with Crippen molar-refractivity contribution in [2.75, 3.05) is 39.3 Å². The molecule has 2 fully saturated rings. The predicted molar refractivity (Wildman–Crippen MR) is 413 cm³/mol. The number of phenolic OH excluding ortho intramolecular Hbond substituents is 2. The first-order chi connectivity index (χ1) is 54.4. The minimum absolute atomic E-state index is 0.0266. The van der Waals surface area contributed by atoms with Gasteiger partial charge in [0.15, 0.2) is 0 Å². The summed E-state index contributed by atoms with van der Waals surface area (Å²) < 4.78 is 0.848. The predicted octanol–water partition coefficient (Wildman–Crippen LogP) is -2.89. The van der Waals surface area contributed by atoms with E-state index in [9.17, 15) is 82.4 Å². The van der Waals surface area contributed by atoms with Crippen molar-refractivity contribution < 1.29 is 87.5 Å². The topological polar surface area (TPSA) is 584 Å². The monoisotopic (exact) mass is 1650 g/mol. The molecule has 114 heavy (non-hydrogen) atoms. The van der Waals surface area contributed by atoms with Crippen molar-refractivity contribution in [1.29, 1.82) is 0 Å². The molecule has 38 nitrogen and oxygen atoms in total. The first-order valence-electron chi connectivity index (χ1n) is 37.3. The van der Waals surface area contributed by atoms with Gasteiger partial charge in [0.1, 0.15) is 84.5 Å². The average molecular weight is 1650 g/mol. The third kappa shape index (κ3) is 25.3. The number of carboxylic acids is 1. The number of aliphatic hydroxyl groups excluding tert-OH is 1. The number of hydrogen-bond acceptors (Lipinski definition) is 21. The summed E-state index contributed by atoms with van der Waals surface area (Å²) >= 11 is 3.46. The maximum absolute atomic E-state index is 14.7. The number of unbranched alkanes of at least 4 members (excludes halogenated alkanes) is 1. The van der Waals surface area contributed by atoms with Crippen molar-refractivity contribution in [3.05, 3.63) is 131 Å². The molecule has 0 spiro atoms. The number of aliphatic carboxylic acids is 1. The van der Waals surface area contributed by atoms with E-state index in [4.69, 9.17) is 16.6 Å². The molecule has 5 heterocycles. The summed E-state index contributed by atoms with van der Waals surface area (Å²) in [6.07, 6.45) is 8.34. The Morgan fingerprint density at radius 3 is 1.56 bits per heavy atom. The highest BCUT2D eigenvalue weighted by Gasteiger charge is 2.42. The molecule has 0 unspecified atom stereocenters. The highest BCUT2D eigenvalue weighted by molar-refractivity contribution is 9.10. The number of hydrogen-bond donors (Lipinski definition) is 20. The lowest BCUT2D eigenvalue weighted by atomic mass is 10.0. The SMILES string of the molecule is CC(C)[C@H](NC(=O)[C@H](CO)NC(=O)[C@H](Cc1ccc(O)cc1)NC(=O)[C@H](Cc1cnc[nH]1)NC(=O)[C@H](Cc1cnc[nH]1)NC(=O)[C@@H]1CCCN1C(=O)CNC(=O)[C@H](C)NC(=O)[C@H](C)NC(=O)[C@@H]1CCCN1C(=O)[C@H](CCCCN)NC(=O)[C@H](Cc1ccc(O)cc1)NC(=O)[C@@H](N)Cc1c[nH]c2cc(Br)ccc12)C(=O)NCC(=O)O. The molecule has 13 amide bonds. The van der Waals surface area contributed by atoms with Gasteiger partial charge in [-0.15, -0.1) is 0 Å². The Labute approximate surface area is 663 Å². The van der Waals surface area contributed by atoms with Crippen LogP contribution in [-0.2, 0) is 99.2 Å². The summed E-state index contributed by atoms with van der Waals surface area (Å²) in [5, 5.41) is 68.5. The second kappa shape index (κ2) is 42.2. The van der Waals surface area contributed by atoms with Crippen LogP contribution in [0, 0.1) is 5.92 Å². The van der Waals surface area contributed by atoms with Crippen LogP contribution in [0.1, 0.15) is 101 Å². The van der Waals surface area contributed by atoms with Gasteiger partial charge in [-0.2, -0.15) is 0 Å². The van der Waals surface area contributed by atoms with Crippen LogP contribution in [0.3, 0.4) is 0 Å². The van der Waals surface area contributed by atoms with Crippen molar-refractivity contribution in [2.45, 2.75) is 177 Å². The fourth-order valence-corrected chi connectivity index (χ4v) is 13.5. The Morgan fingerprint density at radius 2 is 1.03 bits per heavy atom. The van der Waals surface area contributed by atoms with Crippen molar-refractivity contribution in [1.82, 2.24) is 93.2 Å². The summed E-state index contributed by atoms with van der Waals surface area (Å²) in [6.45, 7) is 3.82. The van der Waals surface area contributed by atoms with E-state index in [-0.39, 0.29) is 82.5 Å². The Balaban J connectivity index is 0.865. The number of aliphatic hydroxyl groups is 1. The summed E-state index contributed by atoms with van der Waals surface area (Å²) in [6, 6.07) is 1.08. The van der Waals surface area contributed by atoms with Gasteiger partial charge >= 0.3 is 5.97 Å². The first kappa shape index (κ1) is 87.7. The Kier molecular flexibility index (Phi) is 32.4. The van der Waals surface area contributed by atoms with Gasteiger partial charge in [0.25, 0.3) is 0 Å². The van der Waals surface area contributed by atoms with E-state index in [1.165, 1.54) is 85.1 Å². The number of carboxylic acid groups (broad SMARTS) is 1. The van der Waals surface area contributed by atoms with Gasteiger partial charge in [-0.1, -0.05) is 60.1 Å². The van der Waals surface area contributed by atoms with Crippen LogP contribution in [0.15, 0.2) is 102 Å². The quantitative estimate of drug-likeness (QED) is 0.0171. The summed E-state index contributed by atoms with van der Waals surface area (Å²) in [5.41, 5.74) is 15.5. The zero-order valence-electron chi connectivity index (χ0n) is 63.3. The van der Waals surface area contributed by atoms with Gasteiger partial charge in [-0.05, 0) is 131 Å². The molecule has 12 atom stereocenters. The molecule has 2 aliphatic heterocycles. The number of nitrogens with zero attached hydrogens (tertiary/aromatic N) is 4. The first-order valence-corrected chi connectivity index (χ1v) is 38.1. The molecule has 6 aromatic rings. The second-order valence-electron chi connectivity index (χ2n) is 28.4. The number of likely N-dealkylation sites (tertiary alicyclic amines) is 2. The molecule has 2 aliphatic rings. The van der Waals surface area contributed by atoms with Gasteiger partial charge in [0.2, 0.25) is 76.8 Å². The lowest BCUT2D eigenvalue weighted by Gasteiger charge is -2.30. The minimum atomic E-state index is -1.73. The third-order valence-corrected chi connectivity index (χ3v) is 19.9. The number of aromatic hydroxyl groups is 2. The highest BCUT2D eigenvalue weighted by atomic mass is 79.9. The van der Waals surface area contributed by atoms with E-state index in [0.29, 0.717) is 48.2 Å². The molecule has 8 rings (SSSR count). The average Bonchev–Trinajstić information content (AvgIpc) is 1.77. The fourth-order valence-electron chi connectivity index (χ4n) is 13.1. The number of phenols is 2.